The van der Waals surface area contributed by atoms with Gasteiger partial charge in [0.15, 0.2) is 0 Å². The number of nitrogens with zero attached hydrogens (tertiary/aromatic N) is 3. The summed E-state index contributed by atoms with van der Waals surface area (Å²) in [7, 11) is 0. The number of thiophene rings is 1. The molecule has 0 bridgehead atoms. The summed E-state index contributed by atoms with van der Waals surface area (Å²) in [5.41, 5.74) is 1.65. The lowest BCUT2D eigenvalue weighted by Crippen LogP contribution is -2.45. The van der Waals surface area contributed by atoms with Crippen LogP contribution in [0.4, 0.5) is 0 Å². The molecule has 0 aromatic carbocycles. The number of aromatic nitrogens is 2. The largest absolute Gasteiger partial charge is 0.349 e. The third-order valence-electron chi connectivity index (χ3n) is 4.41. The van der Waals surface area contributed by atoms with Gasteiger partial charge in [0.05, 0.1) is 17.1 Å². The highest BCUT2D eigenvalue weighted by molar-refractivity contribution is 7.12. The van der Waals surface area contributed by atoms with Crippen LogP contribution in [0.3, 0.4) is 0 Å². The van der Waals surface area contributed by atoms with E-state index in [1.54, 1.807) is 11.0 Å². The molecule has 0 spiro atoms. The molecule has 0 aliphatic carbocycles. The van der Waals surface area contributed by atoms with Gasteiger partial charge in [0.2, 0.25) is 5.91 Å². The van der Waals surface area contributed by atoms with Crippen LogP contribution >= 0.6 is 11.3 Å². The van der Waals surface area contributed by atoms with E-state index < -0.39 is 6.04 Å². The van der Waals surface area contributed by atoms with Crippen molar-refractivity contribution in [2.45, 2.75) is 25.4 Å². The molecular weight excluding hydrogens is 336 g/mol. The Bertz CT molecular complexity index is 870. The van der Waals surface area contributed by atoms with E-state index in [1.165, 1.54) is 11.3 Å². The molecule has 128 valence electrons. The number of amides is 2. The van der Waals surface area contributed by atoms with Gasteiger partial charge in [0.25, 0.3) is 5.91 Å². The molecule has 3 aromatic rings. The van der Waals surface area contributed by atoms with Gasteiger partial charge in [-0.3, -0.25) is 9.59 Å². The average Bonchev–Trinajstić information content (AvgIpc) is 3.38. The van der Waals surface area contributed by atoms with Gasteiger partial charge in [-0.25, -0.2) is 4.98 Å². The zero-order chi connectivity index (χ0) is 17.2. The number of imidazole rings is 1. The van der Waals surface area contributed by atoms with Crippen LogP contribution in [0.5, 0.6) is 0 Å². The van der Waals surface area contributed by atoms with Crippen LogP contribution in [0.1, 0.15) is 28.2 Å². The highest BCUT2D eigenvalue weighted by Gasteiger charge is 2.34. The molecule has 6 nitrogen and oxygen atoms in total. The quantitative estimate of drug-likeness (QED) is 0.782. The fraction of sp³-hybridized carbons (Fsp3) is 0.278. The Balaban J connectivity index is 1.42. The van der Waals surface area contributed by atoms with Crippen molar-refractivity contribution >= 4 is 28.8 Å². The average molecular weight is 354 g/mol. The molecule has 1 fully saturated rings. The molecule has 1 N–H and O–H groups in total. The van der Waals surface area contributed by atoms with Crippen LogP contribution < -0.4 is 5.32 Å². The van der Waals surface area contributed by atoms with E-state index in [2.05, 4.69) is 10.3 Å². The first-order valence-corrected chi connectivity index (χ1v) is 9.15. The second-order valence-corrected chi connectivity index (χ2v) is 7.00. The van der Waals surface area contributed by atoms with Crippen LogP contribution in [-0.4, -0.2) is 38.7 Å². The molecule has 1 atom stereocenters. The maximum absolute atomic E-state index is 12.6. The second kappa shape index (κ2) is 6.68. The Hall–Kier alpha value is -2.67. The fourth-order valence-corrected chi connectivity index (χ4v) is 3.87. The van der Waals surface area contributed by atoms with Crippen molar-refractivity contribution in [3.63, 3.8) is 0 Å². The Morgan fingerprint density at radius 1 is 1.28 bits per heavy atom. The maximum atomic E-state index is 12.6. The third kappa shape index (κ3) is 3.15. The van der Waals surface area contributed by atoms with Crippen LogP contribution in [0.2, 0.25) is 0 Å². The number of hydrogen-bond acceptors (Lipinski definition) is 4. The SMILES string of the molecule is O=C(NCc1cn2ccccc2n1)[C@H]1CCCN1C(=O)c1cccs1. The molecule has 2 amide bonds. The normalized spacial score (nSPS) is 17.1. The van der Waals surface area contributed by atoms with Crippen LogP contribution in [0, 0.1) is 0 Å². The van der Waals surface area contributed by atoms with Gasteiger partial charge in [-0.15, -0.1) is 11.3 Å². The molecule has 0 unspecified atom stereocenters. The van der Waals surface area contributed by atoms with E-state index in [0.717, 1.165) is 17.8 Å². The molecule has 1 saturated heterocycles. The smallest absolute Gasteiger partial charge is 0.264 e. The fourth-order valence-electron chi connectivity index (χ4n) is 3.19. The van der Waals surface area contributed by atoms with Crippen LogP contribution in [-0.2, 0) is 11.3 Å². The van der Waals surface area contributed by atoms with E-state index >= 15 is 0 Å². The second-order valence-electron chi connectivity index (χ2n) is 6.05. The topological polar surface area (TPSA) is 66.7 Å². The van der Waals surface area contributed by atoms with Gasteiger partial charge in [-0.1, -0.05) is 12.1 Å². The molecule has 0 radical (unpaired) electrons. The predicted molar refractivity (Wildman–Crippen MR) is 95.4 cm³/mol. The Morgan fingerprint density at radius 3 is 3.00 bits per heavy atom. The minimum atomic E-state index is -0.397. The van der Waals surface area contributed by atoms with E-state index in [0.29, 0.717) is 24.4 Å². The predicted octanol–water partition coefficient (Wildman–Crippen LogP) is 2.32. The highest BCUT2D eigenvalue weighted by atomic mass is 32.1. The molecule has 25 heavy (non-hydrogen) atoms. The molecule has 4 heterocycles. The van der Waals surface area contributed by atoms with Gasteiger partial charge in [0, 0.05) is 18.9 Å². The zero-order valence-electron chi connectivity index (χ0n) is 13.6. The van der Waals surface area contributed by atoms with Gasteiger partial charge in [0.1, 0.15) is 11.7 Å². The molecule has 7 heteroatoms. The first-order chi connectivity index (χ1) is 12.2. The van der Waals surface area contributed by atoms with Crippen molar-refractivity contribution in [2.24, 2.45) is 0 Å². The first kappa shape index (κ1) is 15.8. The first-order valence-electron chi connectivity index (χ1n) is 8.27. The monoisotopic (exact) mass is 354 g/mol. The summed E-state index contributed by atoms with van der Waals surface area (Å²) in [4.78, 5) is 32.0. The number of rotatable bonds is 4. The van der Waals surface area contributed by atoms with E-state index in [4.69, 9.17) is 0 Å². The van der Waals surface area contributed by atoms with Crippen molar-refractivity contribution in [3.8, 4) is 0 Å². The zero-order valence-corrected chi connectivity index (χ0v) is 14.4. The maximum Gasteiger partial charge on any atom is 0.264 e. The lowest BCUT2D eigenvalue weighted by molar-refractivity contribution is -0.125. The lowest BCUT2D eigenvalue weighted by Gasteiger charge is -2.23. The van der Waals surface area contributed by atoms with Crippen molar-refractivity contribution < 1.29 is 9.59 Å². The van der Waals surface area contributed by atoms with Crippen molar-refractivity contribution in [1.29, 1.82) is 0 Å². The van der Waals surface area contributed by atoms with Gasteiger partial charge < -0.3 is 14.6 Å². The number of carbonyl (C=O) groups excluding carboxylic acids is 2. The van der Waals surface area contributed by atoms with E-state index in [1.807, 2.05) is 46.4 Å². The number of carbonyl (C=O) groups is 2. The number of hydrogen-bond donors (Lipinski definition) is 1. The summed E-state index contributed by atoms with van der Waals surface area (Å²) in [6.45, 7) is 0.987. The molecule has 0 saturated carbocycles. The minimum Gasteiger partial charge on any atom is -0.349 e. The number of pyridine rings is 1. The molecule has 4 rings (SSSR count). The summed E-state index contributed by atoms with van der Waals surface area (Å²) >= 11 is 1.41. The highest BCUT2D eigenvalue weighted by Crippen LogP contribution is 2.22. The van der Waals surface area contributed by atoms with Crippen molar-refractivity contribution in [2.75, 3.05) is 6.54 Å². The minimum absolute atomic E-state index is 0.0552. The number of fused-ring (bicyclic) bond motifs is 1. The molecule has 3 aromatic heterocycles. The number of likely N-dealkylation sites (tertiary alicyclic amines) is 1. The standard InChI is InChI=1S/C18H18N4O2S/c23-17(19-11-13-12-21-8-2-1-7-16(21)20-13)14-5-3-9-22(14)18(24)15-6-4-10-25-15/h1-2,4,6-8,10,12,14H,3,5,9,11H2,(H,19,23)/t14-/m1/s1. The van der Waals surface area contributed by atoms with Gasteiger partial charge >= 0.3 is 0 Å². The van der Waals surface area contributed by atoms with E-state index in [-0.39, 0.29) is 11.8 Å². The summed E-state index contributed by atoms with van der Waals surface area (Å²) in [6.07, 6.45) is 5.38. The molecular formula is C18H18N4O2S. The van der Waals surface area contributed by atoms with Gasteiger partial charge in [-0.05, 0) is 36.4 Å². The summed E-state index contributed by atoms with van der Waals surface area (Å²) in [5, 5.41) is 4.80. The summed E-state index contributed by atoms with van der Waals surface area (Å²) in [6, 6.07) is 9.04. The van der Waals surface area contributed by atoms with Gasteiger partial charge in [-0.2, -0.15) is 0 Å². The Kier molecular flexibility index (Phi) is 4.23. The van der Waals surface area contributed by atoms with Crippen molar-refractivity contribution in [3.05, 3.63) is 58.7 Å². The lowest BCUT2D eigenvalue weighted by atomic mass is 10.2. The number of nitrogens with one attached hydrogen (secondary N) is 1. The van der Waals surface area contributed by atoms with Crippen LogP contribution in [0.25, 0.3) is 5.65 Å². The molecule has 1 aliphatic heterocycles. The van der Waals surface area contributed by atoms with Crippen molar-refractivity contribution in [1.82, 2.24) is 19.6 Å². The van der Waals surface area contributed by atoms with E-state index in [9.17, 15) is 9.59 Å². The summed E-state index contributed by atoms with van der Waals surface area (Å²) < 4.78 is 1.92. The van der Waals surface area contributed by atoms with Crippen LogP contribution in [0.15, 0.2) is 48.1 Å². The third-order valence-corrected chi connectivity index (χ3v) is 5.26. The summed E-state index contributed by atoms with van der Waals surface area (Å²) in [5.74, 6) is -0.167. The Morgan fingerprint density at radius 2 is 2.20 bits per heavy atom. The molecule has 1 aliphatic rings. The Labute approximate surface area is 149 Å².